The molecule has 5 heteroatoms. The number of benzene rings is 2. The average Bonchev–Trinajstić information content (AvgIpc) is 2.77. The maximum absolute atomic E-state index is 12.1. The quantitative estimate of drug-likeness (QED) is 0.392. The van der Waals surface area contributed by atoms with Crippen molar-refractivity contribution in [2.75, 3.05) is 13.4 Å². The van der Waals surface area contributed by atoms with E-state index in [-0.39, 0.29) is 24.6 Å². The van der Waals surface area contributed by atoms with Crippen LogP contribution in [0.15, 0.2) is 48.5 Å². The molecular weight excluding hydrogens is 368 g/mol. The first-order valence-corrected chi connectivity index (χ1v) is 10.1. The van der Waals surface area contributed by atoms with Gasteiger partial charge in [0.05, 0.1) is 18.1 Å². The van der Waals surface area contributed by atoms with E-state index < -0.39 is 0 Å². The van der Waals surface area contributed by atoms with Crippen LogP contribution in [0.25, 0.3) is 11.1 Å². The van der Waals surface area contributed by atoms with Crippen LogP contribution in [-0.2, 0) is 14.3 Å². The Balaban J connectivity index is 1.89. The van der Waals surface area contributed by atoms with Crippen LogP contribution in [0.5, 0.6) is 5.75 Å². The van der Waals surface area contributed by atoms with Gasteiger partial charge in [0.25, 0.3) is 0 Å². The van der Waals surface area contributed by atoms with E-state index >= 15 is 0 Å². The van der Waals surface area contributed by atoms with Crippen LogP contribution in [0.1, 0.15) is 50.9 Å². The van der Waals surface area contributed by atoms with E-state index in [0.29, 0.717) is 23.8 Å². The van der Waals surface area contributed by atoms with Crippen molar-refractivity contribution < 1.29 is 23.8 Å². The van der Waals surface area contributed by atoms with Gasteiger partial charge >= 0.3 is 11.9 Å². The van der Waals surface area contributed by atoms with Crippen molar-refractivity contribution in [1.82, 2.24) is 0 Å². The minimum Gasteiger partial charge on any atom is -0.462 e. The number of hydrogen-bond donors (Lipinski definition) is 0. The van der Waals surface area contributed by atoms with Crippen LogP contribution >= 0.6 is 0 Å². The van der Waals surface area contributed by atoms with Crippen LogP contribution in [0.3, 0.4) is 0 Å². The molecule has 2 aromatic rings. The molecule has 0 saturated heterocycles. The lowest BCUT2D eigenvalue weighted by Crippen LogP contribution is -2.17. The summed E-state index contributed by atoms with van der Waals surface area (Å²) in [5, 5.41) is 0. The molecule has 0 N–H and O–H groups in total. The lowest BCUT2D eigenvalue weighted by molar-refractivity contribution is -0.154. The minimum atomic E-state index is -0.299. The van der Waals surface area contributed by atoms with Gasteiger partial charge in [0.15, 0.2) is 0 Å². The molecule has 2 unspecified atom stereocenters. The number of carbonyl (C=O) groups excluding carboxylic acids is 2. The Labute approximate surface area is 173 Å². The molecule has 2 aromatic carbocycles. The summed E-state index contributed by atoms with van der Waals surface area (Å²) in [6, 6.07) is 14.8. The van der Waals surface area contributed by atoms with Gasteiger partial charge in [-0.1, -0.05) is 58.4 Å². The SMILES string of the molecule is CCC(C)COC(=O)c1ccc(-c2ccc(OCOC(=O)C(C)CC)cc2)cc1. The Kier molecular flexibility index (Phi) is 8.71. The highest BCUT2D eigenvalue weighted by molar-refractivity contribution is 5.90. The first kappa shape index (κ1) is 22.5. The Morgan fingerprint density at radius 3 is 1.97 bits per heavy atom. The average molecular weight is 398 g/mol. The van der Waals surface area contributed by atoms with Crippen LogP contribution in [0, 0.1) is 11.8 Å². The van der Waals surface area contributed by atoms with E-state index in [1.807, 2.05) is 50.2 Å². The van der Waals surface area contributed by atoms with Gasteiger partial charge in [-0.2, -0.15) is 0 Å². The van der Waals surface area contributed by atoms with Crippen LogP contribution in [-0.4, -0.2) is 25.3 Å². The predicted molar refractivity (Wildman–Crippen MR) is 113 cm³/mol. The van der Waals surface area contributed by atoms with E-state index in [4.69, 9.17) is 14.2 Å². The molecular formula is C24H30O5. The van der Waals surface area contributed by atoms with Gasteiger partial charge < -0.3 is 14.2 Å². The van der Waals surface area contributed by atoms with Crippen molar-refractivity contribution >= 4 is 11.9 Å². The molecule has 0 saturated carbocycles. The Bertz CT molecular complexity index is 780. The summed E-state index contributed by atoms with van der Waals surface area (Å²) in [4.78, 5) is 23.7. The van der Waals surface area contributed by atoms with Gasteiger partial charge in [-0.3, -0.25) is 4.79 Å². The lowest BCUT2D eigenvalue weighted by Gasteiger charge is -2.11. The van der Waals surface area contributed by atoms with Crippen molar-refractivity contribution in [1.29, 1.82) is 0 Å². The zero-order valence-corrected chi connectivity index (χ0v) is 17.6. The summed E-state index contributed by atoms with van der Waals surface area (Å²) in [7, 11) is 0. The van der Waals surface area contributed by atoms with E-state index in [1.54, 1.807) is 12.1 Å². The zero-order valence-electron chi connectivity index (χ0n) is 17.6. The molecule has 0 fully saturated rings. The Morgan fingerprint density at radius 2 is 1.41 bits per heavy atom. The molecule has 2 atom stereocenters. The van der Waals surface area contributed by atoms with Crippen molar-refractivity contribution in [2.24, 2.45) is 11.8 Å². The number of ether oxygens (including phenoxy) is 3. The summed E-state index contributed by atoms with van der Waals surface area (Å²) in [6.45, 7) is 8.23. The fourth-order valence-electron chi connectivity index (χ4n) is 2.43. The van der Waals surface area contributed by atoms with Gasteiger partial charge in [0, 0.05) is 0 Å². The lowest BCUT2D eigenvalue weighted by atomic mass is 10.0. The third-order valence-electron chi connectivity index (χ3n) is 4.95. The number of esters is 2. The van der Waals surface area contributed by atoms with E-state index in [2.05, 4.69) is 13.8 Å². The molecule has 5 nitrogen and oxygen atoms in total. The Hall–Kier alpha value is -2.82. The third-order valence-corrected chi connectivity index (χ3v) is 4.95. The normalized spacial score (nSPS) is 12.7. The van der Waals surface area contributed by atoms with Crippen molar-refractivity contribution in [3.63, 3.8) is 0 Å². The molecule has 0 aliphatic heterocycles. The maximum Gasteiger partial charge on any atom is 0.338 e. The molecule has 2 rings (SSSR count). The monoisotopic (exact) mass is 398 g/mol. The molecule has 0 amide bonds. The maximum atomic E-state index is 12.1. The van der Waals surface area contributed by atoms with Crippen LogP contribution in [0.2, 0.25) is 0 Å². The molecule has 0 radical (unpaired) electrons. The van der Waals surface area contributed by atoms with Crippen molar-refractivity contribution in [3.8, 4) is 16.9 Å². The number of carbonyl (C=O) groups is 2. The van der Waals surface area contributed by atoms with Crippen LogP contribution in [0.4, 0.5) is 0 Å². The fourth-order valence-corrected chi connectivity index (χ4v) is 2.43. The fraction of sp³-hybridized carbons (Fsp3) is 0.417. The zero-order chi connectivity index (χ0) is 21.2. The number of hydrogen-bond acceptors (Lipinski definition) is 5. The predicted octanol–water partition coefficient (Wildman–Crippen LogP) is 5.48. The third kappa shape index (κ3) is 6.93. The van der Waals surface area contributed by atoms with Gasteiger partial charge in [-0.15, -0.1) is 0 Å². The first-order valence-electron chi connectivity index (χ1n) is 10.1. The Morgan fingerprint density at radius 1 is 0.828 bits per heavy atom. The van der Waals surface area contributed by atoms with E-state index in [9.17, 15) is 9.59 Å². The van der Waals surface area contributed by atoms with Crippen molar-refractivity contribution in [2.45, 2.75) is 40.5 Å². The second kappa shape index (κ2) is 11.2. The summed E-state index contributed by atoms with van der Waals surface area (Å²) < 4.78 is 15.9. The molecule has 156 valence electrons. The van der Waals surface area contributed by atoms with Crippen molar-refractivity contribution in [3.05, 3.63) is 54.1 Å². The largest absolute Gasteiger partial charge is 0.462 e. The highest BCUT2D eigenvalue weighted by Gasteiger charge is 2.12. The van der Waals surface area contributed by atoms with E-state index in [1.165, 1.54) is 0 Å². The summed E-state index contributed by atoms with van der Waals surface area (Å²) in [5.74, 6) is 0.296. The molecule has 0 heterocycles. The van der Waals surface area contributed by atoms with Crippen LogP contribution < -0.4 is 4.74 Å². The highest BCUT2D eigenvalue weighted by atomic mass is 16.7. The van der Waals surface area contributed by atoms with E-state index in [0.717, 1.165) is 24.0 Å². The second-order valence-electron chi connectivity index (χ2n) is 7.25. The summed E-state index contributed by atoms with van der Waals surface area (Å²) in [5.41, 5.74) is 2.52. The topological polar surface area (TPSA) is 61.8 Å². The minimum absolute atomic E-state index is 0.101. The summed E-state index contributed by atoms with van der Waals surface area (Å²) in [6.07, 6.45) is 1.72. The van der Waals surface area contributed by atoms with Gasteiger partial charge in [-0.05, 0) is 47.7 Å². The second-order valence-corrected chi connectivity index (χ2v) is 7.25. The molecule has 0 aliphatic carbocycles. The summed E-state index contributed by atoms with van der Waals surface area (Å²) >= 11 is 0. The standard InChI is InChI=1S/C24H30O5/c1-5-17(3)15-27-24(26)21-9-7-19(8-10-21)20-11-13-22(14-12-20)28-16-29-23(25)18(4)6-2/h7-14,17-18H,5-6,15-16H2,1-4H3. The first-order chi connectivity index (χ1) is 13.9. The van der Waals surface area contributed by atoms with Gasteiger partial charge in [-0.25, -0.2) is 4.79 Å². The molecule has 0 bridgehead atoms. The smallest absolute Gasteiger partial charge is 0.338 e. The van der Waals surface area contributed by atoms with Gasteiger partial charge in [0.2, 0.25) is 6.79 Å². The highest BCUT2D eigenvalue weighted by Crippen LogP contribution is 2.23. The number of rotatable bonds is 10. The molecule has 29 heavy (non-hydrogen) atoms. The molecule has 0 aromatic heterocycles. The molecule has 0 aliphatic rings. The molecule has 0 spiro atoms. The van der Waals surface area contributed by atoms with Gasteiger partial charge in [0.1, 0.15) is 5.75 Å².